The molecule has 0 bridgehead atoms. The Morgan fingerprint density at radius 2 is 1.47 bits per heavy atom. The van der Waals surface area contributed by atoms with Crippen LogP contribution in [0, 0.1) is 7.43 Å². The summed E-state index contributed by atoms with van der Waals surface area (Å²) in [6, 6.07) is 0. The van der Waals surface area contributed by atoms with E-state index < -0.39 is 0 Å². The van der Waals surface area contributed by atoms with Crippen molar-refractivity contribution >= 4 is 23.9 Å². The van der Waals surface area contributed by atoms with Crippen LogP contribution in [0.1, 0.15) is 19.3 Å². The molecule has 3 nitrogen and oxygen atoms in total. The van der Waals surface area contributed by atoms with Crippen LogP contribution >= 0.6 is 23.9 Å². The van der Waals surface area contributed by atoms with Crippen LogP contribution in [0.3, 0.4) is 0 Å². The molecule has 19 heavy (non-hydrogen) atoms. The molecule has 114 valence electrons. The summed E-state index contributed by atoms with van der Waals surface area (Å²) in [7, 11) is 9.09. The van der Waals surface area contributed by atoms with Gasteiger partial charge in [-0.25, -0.2) is 0 Å². The van der Waals surface area contributed by atoms with Crippen molar-refractivity contribution in [2.75, 3.05) is 48.2 Å². The van der Waals surface area contributed by atoms with Gasteiger partial charge in [-0.2, -0.15) is 35.2 Å². The topological polar surface area (TPSA) is 42.3 Å². The average molecular weight is 432 g/mol. The van der Waals surface area contributed by atoms with Crippen molar-refractivity contribution in [2.24, 2.45) is 0 Å². The molecule has 1 saturated carbocycles. The Morgan fingerprint density at radius 3 is 1.74 bits per heavy atom. The number of alkyl halides is 1. The first-order valence-corrected chi connectivity index (χ1v) is 8.90. The van der Waals surface area contributed by atoms with Gasteiger partial charge in [0, 0.05) is 4.83 Å². The molecule has 0 aromatic carbocycles. The minimum Gasteiger partial charge on any atom is -0.668 e. The van der Waals surface area contributed by atoms with Crippen LogP contribution in [-0.4, -0.2) is 58.7 Å². The third kappa shape index (κ3) is 17.6. The molecule has 1 rings (SSSR count). The predicted octanol–water partition coefficient (Wildman–Crippen LogP) is 5.06. The summed E-state index contributed by atoms with van der Waals surface area (Å²) in [6.45, 7) is 2.38. The van der Waals surface area contributed by atoms with Gasteiger partial charge in [-0.05, 0) is 25.2 Å². The Kier molecular flexibility index (Phi) is 33.3. The van der Waals surface area contributed by atoms with E-state index in [0.29, 0.717) is 0 Å². The molecule has 0 heterocycles. The molecule has 0 saturated heterocycles. The van der Waals surface area contributed by atoms with Gasteiger partial charge in [0.1, 0.15) is 0 Å². The maximum absolute atomic E-state index is 4.22. The molecule has 3 atom stereocenters. The van der Waals surface area contributed by atoms with Crippen LogP contribution in [0.4, 0.5) is 0 Å². The van der Waals surface area contributed by atoms with Gasteiger partial charge in [0.2, 0.25) is 0 Å². The molecule has 1 fully saturated rings. The SMILES string of the molecule is C[N-]C.C[N-]C.C[N-]CP(C)C1CCCC1Br.[CH3-].[Zr+4]. The second-order valence-corrected chi connectivity index (χ2v) is 7.76. The normalized spacial score (nSPS) is 21.6. The molecule has 0 N–H and O–H groups in total. The minimum atomic E-state index is 0. The van der Waals surface area contributed by atoms with Crippen molar-refractivity contribution in [1.29, 1.82) is 0 Å². The Labute approximate surface area is 150 Å². The summed E-state index contributed by atoms with van der Waals surface area (Å²) in [6.07, 6.45) is 5.31. The summed E-state index contributed by atoms with van der Waals surface area (Å²) in [5, 5.41) is 11.2. The average Bonchev–Trinajstić information content (AvgIpc) is 2.67. The molecule has 1 aliphatic rings. The summed E-state index contributed by atoms with van der Waals surface area (Å²) in [4.78, 5) is 0.792. The third-order valence-electron chi connectivity index (χ3n) is 2.33. The molecule has 0 aromatic rings. The van der Waals surface area contributed by atoms with Crippen molar-refractivity contribution < 1.29 is 26.2 Å². The quantitative estimate of drug-likeness (QED) is 0.341. The third-order valence-corrected chi connectivity index (χ3v) is 6.31. The molecule has 0 radical (unpaired) electrons. The summed E-state index contributed by atoms with van der Waals surface area (Å²) >= 11 is 3.75. The van der Waals surface area contributed by atoms with E-state index in [0.717, 1.165) is 16.8 Å². The molecule has 0 spiro atoms. The van der Waals surface area contributed by atoms with Crippen LogP contribution in [0.2, 0.25) is 0 Å². The van der Waals surface area contributed by atoms with Crippen molar-refractivity contribution in [3.8, 4) is 0 Å². The first-order valence-electron chi connectivity index (χ1n) is 5.94. The second kappa shape index (κ2) is 22.0. The van der Waals surface area contributed by atoms with E-state index in [1.165, 1.54) is 19.3 Å². The van der Waals surface area contributed by atoms with Crippen LogP contribution < -0.4 is 0 Å². The fourth-order valence-electron chi connectivity index (χ4n) is 1.72. The van der Waals surface area contributed by atoms with Gasteiger partial charge in [0.25, 0.3) is 0 Å². The Bertz CT molecular complexity index is 154. The minimum absolute atomic E-state index is 0. The largest absolute Gasteiger partial charge is 4.00 e. The van der Waals surface area contributed by atoms with E-state index >= 15 is 0 Å². The molecule has 3 unspecified atom stereocenters. The van der Waals surface area contributed by atoms with Gasteiger partial charge in [-0.3, -0.25) is 0 Å². The Hall–Kier alpha value is 1.67. The molecular formula is C13H31BrN3PZr. The Balaban J connectivity index is -0.000000122. The van der Waals surface area contributed by atoms with Crippen LogP contribution in [0.15, 0.2) is 0 Å². The zero-order valence-corrected chi connectivity index (χ0v) is 18.6. The fourth-order valence-corrected chi connectivity index (χ4v) is 5.50. The van der Waals surface area contributed by atoms with Gasteiger partial charge in [-0.1, -0.05) is 22.4 Å². The fraction of sp³-hybridized carbons (Fsp3) is 0.923. The van der Waals surface area contributed by atoms with E-state index in [-0.39, 0.29) is 41.6 Å². The first kappa shape index (κ1) is 28.8. The Morgan fingerprint density at radius 1 is 1.05 bits per heavy atom. The number of halogens is 1. The number of hydrogen-bond donors (Lipinski definition) is 0. The zero-order valence-electron chi connectivity index (χ0n) is 13.6. The van der Waals surface area contributed by atoms with E-state index in [1.807, 2.05) is 7.05 Å². The molecule has 0 aliphatic heterocycles. The van der Waals surface area contributed by atoms with Gasteiger partial charge < -0.3 is 23.4 Å². The molecule has 1 aliphatic carbocycles. The van der Waals surface area contributed by atoms with Gasteiger partial charge in [0.05, 0.1) is 0 Å². The van der Waals surface area contributed by atoms with Crippen LogP contribution in [-0.2, 0) is 26.2 Å². The second-order valence-electron chi connectivity index (χ2n) is 4.12. The zero-order chi connectivity index (χ0) is 13.7. The van der Waals surface area contributed by atoms with Crippen molar-refractivity contribution in [3.05, 3.63) is 23.4 Å². The molecule has 0 aromatic heterocycles. The van der Waals surface area contributed by atoms with Crippen LogP contribution in [0.5, 0.6) is 0 Å². The van der Waals surface area contributed by atoms with Crippen molar-refractivity contribution in [1.82, 2.24) is 0 Å². The van der Waals surface area contributed by atoms with E-state index in [1.54, 1.807) is 28.2 Å². The van der Waals surface area contributed by atoms with E-state index in [9.17, 15) is 0 Å². The number of rotatable bonds is 3. The standard InChI is InChI=1S/C8H16BrNP.2C2H6N.CH3.Zr/c1-10-6-11(2)8-5-3-4-7(8)9;2*1-3-2;;/h7-8H,3-6H2,1-2H3;2*1-2H3;1H3;/q4*-1;+4. The van der Waals surface area contributed by atoms with Gasteiger partial charge in [0.15, 0.2) is 0 Å². The van der Waals surface area contributed by atoms with Gasteiger partial charge in [-0.15, -0.1) is 14.2 Å². The van der Waals surface area contributed by atoms with Crippen molar-refractivity contribution in [3.63, 3.8) is 0 Å². The molecule has 6 heteroatoms. The smallest absolute Gasteiger partial charge is 0.668 e. The number of hydrogen-bond acceptors (Lipinski definition) is 0. The predicted molar refractivity (Wildman–Crippen MR) is 94.2 cm³/mol. The van der Waals surface area contributed by atoms with Crippen LogP contribution in [0.25, 0.3) is 16.0 Å². The summed E-state index contributed by atoms with van der Waals surface area (Å²) in [5.41, 5.74) is 0.939. The maximum Gasteiger partial charge on any atom is 4.00 e. The number of nitrogens with zero attached hydrogens (tertiary/aromatic N) is 3. The molecular weight excluding hydrogens is 400 g/mol. The maximum atomic E-state index is 4.22. The molecule has 0 amide bonds. The van der Waals surface area contributed by atoms with Gasteiger partial charge >= 0.3 is 26.2 Å². The first-order chi connectivity index (χ1) is 8.08. The monoisotopic (exact) mass is 429 g/mol. The summed E-state index contributed by atoms with van der Waals surface area (Å²) < 4.78 is 0. The van der Waals surface area contributed by atoms with E-state index in [2.05, 4.69) is 38.5 Å². The summed E-state index contributed by atoms with van der Waals surface area (Å²) in [5.74, 6) is 0. The van der Waals surface area contributed by atoms with Crippen molar-refractivity contribution in [2.45, 2.75) is 29.7 Å². The van der Waals surface area contributed by atoms with E-state index in [4.69, 9.17) is 0 Å².